The van der Waals surface area contributed by atoms with E-state index in [0.717, 1.165) is 12.0 Å². The fourth-order valence-electron chi connectivity index (χ4n) is 2.43. The highest BCUT2D eigenvalue weighted by atomic mass is 19.1. The minimum atomic E-state index is -0.220. The molecule has 1 aliphatic heterocycles. The molecule has 1 aliphatic carbocycles. The largest absolute Gasteiger partial charge is 0.355 e. The van der Waals surface area contributed by atoms with Crippen molar-refractivity contribution in [1.82, 2.24) is 5.32 Å². The van der Waals surface area contributed by atoms with Gasteiger partial charge in [-0.15, -0.1) is 0 Å². The van der Waals surface area contributed by atoms with Gasteiger partial charge in [-0.2, -0.15) is 0 Å². The third-order valence-electron chi connectivity index (χ3n) is 3.37. The molecule has 0 aromatic heterocycles. The van der Waals surface area contributed by atoms with E-state index in [-0.39, 0.29) is 23.1 Å². The molecule has 2 atom stereocenters. The van der Waals surface area contributed by atoms with Crippen LogP contribution >= 0.6 is 0 Å². The number of nitrogens with one attached hydrogen (secondary N) is 1. The number of carbonyl (C=O) groups is 1. The number of hydrogen-bond acceptors (Lipinski definition) is 1. The second-order valence-electron chi connectivity index (χ2n) is 4.14. The highest BCUT2D eigenvalue weighted by Crippen LogP contribution is 2.56. The van der Waals surface area contributed by atoms with Gasteiger partial charge in [-0.1, -0.05) is 12.1 Å². The van der Waals surface area contributed by atoms with Crippen LogP contribution in [-0.4, -0.2) is 12.5 Å². The standard InChI is InChI=1S/C11H10FNO/c12-8-3-1-2-7(4-8)11-5-9(11)10(14)13-6-11/h1-4,9H,5-6H2,(H,13,14). The van der Waals surface area contributed by atoms with Crippen LogP contribution in [-0.2, 0) is 10.2 Å². The van der Waals surface area contributed by atoms with E-state index in [2.05, 4.69) is 5.32 Å². The summed E-state index contributed by atoms with van der Waals surface area (Å²) in [7, 11) is 0. The summed E-state index contributed by atoms with van der Waals surface area (Å²) in [4.78, 5) is 11.3. The summed E-state index contributed by atoms with van der Waals surface area (Å²) in [5, 5.41) is 2.82. The van der Waals surface area contributed by atoms with Crippen molar-refractivity contribution in [3.8, 4) is 0 Å². The van der Waals surface area contributed by atoms with Crippen molar-refractivity contribution in [2.24, 2.45) is 5.92 Å². The first-order valence-corrected chi connectivity index (χ1v) is 4.76. The summed E-state index contributed by atoms with van der Waals surface area (Å²) in [6.07, 6.45) is 0.877. The maximum Gasteiger partial charge on any atom is 0.224 e. The van der Waals surface area contributed by atoms with Gasteiger partial charge in [-0.25, -0.2) is 4.39 Å². The molecule has 1 aromatic rings. The Kier molecular flexibility index (Phi) is 1.34. The van der Waals surface area contributed by atoms with Crippen molar-refractivity contribution >= 4 is 5.91 Å². The molecule has 2 fully saturated rings. The Balaban J connectivity index is 2.01. The van der Waals surface area contributed by atoms with Gasteiger partial charge in [0.05, 0.1) is 5.92 Å². The van der Waals surface area contributed by atoms with Crippen LogP contribution < -0.4 is 5.32 Å². The Labute approximate surface area is 81.1 Å². The molecule has 2 nitrogen and oxygen atoms in total. The molecule has 0 bridgehead atoms. The smallest absolute Gasteiger partial charge is 0.224 e. The molecule has 14 heavy (non-hydrogen) atoms. The predicted octanol–water partition coefficient (Wildman–Crippen LogP) is 1.21. The molecule has 3 rings (SSSR count). The van der Waals surface area contributed by atoms with Crippen molar-refractivity contribution in [3.63, 3.8) is 0 Å². The molecule has 72 valence electrons. The van der Waals surface area contributed by atoms with E-state index in [0.29, 0.717) is 6.54 Å². The van der Waals surface area contributed by atoms with Gasteiger partial charge >= 0.3 is 0 Å². The number of piperidine rings is 1. The number of hydrogen-bond donors (Lipinski definition) is 1. The average Bonchev–Trinajstić information content (AvgIpc) is 2.83. The summed E-state index contributed by atoms with van der Waals surface area (Å²) in [5.74, 6) is -0.0135. The Morgan fingerprint density at radius 2 is 2.36 bits per heavy atom. The number of rotatable bonds is 1. The second kappa shape index (κ2) is 2.35. The lowest BCUT2D eigenvalue weighted by molar-refractivity contribution is -0.120. The first kappa shape index (κ1) is 7.97. The van der Waals surface area contributed by atoms with Gasteiger partial charge in [-0.3, -0.25) is 4.79 Å². The summed E-state index contributed by atoms with van der Waals surface area (Å²) in [5.41, 5.74) is 0.875. The lowest BCUT2D eigenvalue weighted by atomic mass is 9.95. The summed E-state index contributed by atoms with van der Waals surface area (Å²) >= 11 is 0. The minimum Gasteiger partial charge on any atom is -0.355 e. The number of amides is 1. The van der Waals surface area contributed by atoms with E-state index >= 15 is 0 Å². The van der Waals surface area contributed by atoms with Gasteiger partial charge in [0.25, 0.3) is 0 Å². The summed E-state index contributed by atoms with van der Waals surface area (Å²) < 4.78 is 13.0. The number of carbonyl (C=O) groups excluding carboxylic acids is 1. The van der Waals surface area contributed by atoms with Gasteiger partial charge in [0, 0.05) is 12.0 Å². The van der Waals surface area contributed by atoms with Crippen LogP contribution in [0.15, 0.2) is 24.3 Å². The molecule has 1 aromatic carbocycles. The lowest BCUT2D eigenvalue weighted by Crippen LogP contribution is -2.22. The Bertz CT molecular complexity index is 418. The van der Waals surface area contributed by atoms with Gasteiger partial charge in [0.15, 0.2) is 0 Å². The fraction of sp³-hybridized carbons (Fsp3) is 0.364. The number of fused-ring (bicyclic) bond motifs is 1. The van der Waals surface area contributed by atoms with Gasteiger partial charge in [0.1, 0.15) is 5.82 Å². The summed E-state index contributed by atoms with van der Waals surface area (Å²) in [6, 6.07) is 6.59. The van der Waals surface area contributed by atoms with Crippen molar-refractivity contribution < 1.29 is 9.18 Å². The van der Waals surface area contributed by atoms with E-state index in [1.807, 2.05) is 6.07 Å². The molecule has 3 heteroatoms. The normalized spacial score (nSPS) is 33.8. The van der Waals surface area contributed by atoms with Crippen molar-refractivity contribution in [2.75, 3.05) is 6.54 Å². The van der Waals surface area contributed by atoms with Crippen LogP contribution in [0.3, 0.4) is 0 Å². The zero-order valence-electron chi connectivity index (χ0n) is 7.59. The zero-order valence-corrected chi connectivity index (χ0v) is 7.59. The lowest BCUT2D eigenvalue weighted by Gasteiger charge is -2.10. The zero-order chi connectivity index (χ0) is 9.76. The van der Waals surface area contributed by atoms with E-state index in [1.165, 1.54) is 6.07 Å². The fourth-order valence-corrected chi connectivity index (χ4v) is 2.43. The van der Waals surface area contributed by atoms with Crippen molar-refractivity contribution in [2.45, 2.75) is 11.8 Å². The molecule has 0 spiro atoms. The molecule has 1 heterocycles. The predicted molar refractivity (Wildman–Crippen MR) is 49.2 cm³/mol. The van der Waals surface area contributed by atoms with Gasteiger partial charge in [-0.05, 0) is 24.1 Å². The molecule has 1 saturated heterocycles. The minimum absolute atomic E-state index is 0.0841. The second-order valence-corrected chi connectivity index (χ2v) is 4.14. The maximum atomic E-state index is 13.0. The van der Waals surface area contributed by atoms with Crippen LogP contribution in [0.2, 0.25) is 0 Å². The van der Waals surface area contributed by atoms with E-state index in [4.69, 9.17) is 0 Å². The van der Waals surface area contributed by atoms with Crippen LogP contribution in [0.25, 0.3) is 0 Å². The van der Waals surface area contributed by atoms with Crippen LogP contribution in [0.1, 0.15) is 12.0 Å². The third kappa shape index (κ3) is 0.870. The molecule has 1 amide bonds. The van der Waals surface area contributed by atoms with Gasteiger partial charge in [0.2, 0.25) is 5.91 Å². The molecule has 2 unspecified atom stereocenters. The Hall–Kier alpha value is -1.38. The molecule has 1 saturated carbocycles. The first-order valence-electron chi connectivity index (χ1n) is 4.76. The average molecular weight is 191 g/mol. The third-order valence-corrected chi connectivity index (χ3v) is 3.37. The topological polar surface area (TPSA) is 29.1 Å². The molecule has 0 radical (unpaired) electrons. The summed E-state index contributed by atoms with van der Waals surface area (Å²) in [6.45, 7) is 0.667. The van der Waals surface area contributed by atoms with Crippen molar-refractivity contribution in [3.05, 3.63) is 35.6 Å². The number of halogens is 1. The highest BCUT2D eigenvalue weighted by molar-refractivity contribution is 5.88. The highest BCUT2D eigenvalue weighted by Gasteiger charge is 2.63. The quantitative estimate of drug-likeness (QED) is 0.710. The first-order chi connectivity index (χ1) is 6.72. The Morgan fingerprint density at radius 3 is 2.93 bits per heavy atom. The van der Waals surface area contributed by atoms with Crippen LogP contribution in [0.5, 0.6) is 0 Å². The van der Waals surface area contributed by atoms with E-state index in [1.54, 1.807) is 12.1 Å². The maximum absolute atomic E-state index is 13.0. The molecular weight excluding hydrogens is 181 g/mol. The SMILES string of the molecule is O=C1NCC2(c3cccc(F)c3)CC12. The van der Waals surface area contributed by atoms with Crippen LogP contribution in [0.4, 0.5) is 4.39 Å². The van der Waals surface area contributed by atoms with Gasteiger partial charge < -0.3 is 5.32 Å². The van der Waals surface area contributed by atoms with Crippen molar-refractivity contribution in [1.29, 1.82) is 0 Å². The number of benzene rings is 1. The molecule has 1 N–H and O–H groups in total. The Morgan fingerprint density at radius 1 is 1.50 bits per heavy atom. The molecular formula is C11H10FNO. The van der Waals surface area contributed by atoms with E-state index < -0.39 is 0 Å². The van der Waals surface area contributed by atoms with Crippen LogP contribution in [0, 0.1) is 11.7 Å². The van der Waals surface area contributed by atoms with E-state index in [9.17, 15) is 9.18 Å². The monoisotopic (exact) mass is 191 g/mol. The molecule has 2 aliphatic rings.